The molecule has 0 saturated carbocycles. The molecule has 2 unspecified atom stereocenters. The molecule has 1 aliphatic heterocycles. The van der Waals surface area contributed by atoms with Crippen LogP contribution in [0.2, 0.25) is 0 Å². The number of benzene rings is 3. The summed E-state index contributed by atoms with van der Waals surface area (Å²) in [4.78, 5) is 43.9. The van der Waals surface area contributed by atoms with Gasteiger partial charge in [-0.15, -0.1) is 0 Å². The van der Waals surface area contributed by atoms with Crippen LogP contribution in [0, 0.1) is 0 Å². The molecule has 220 valence electrons. The maximum Gasteiger partial charge on any atom is 0.407 e. The van der Waals surface area contributed by atoms with Crippen LogP contribution in [0.5, 0.6) is 0 Å². The van der Waals surface area contributed by atoms with Crippen LogP contribution in [0.3, 0.4) is 0 Å². The highest BCUT2D eigenvalue weighted by Gasteiger charge is 2.33. The van der Waals surface area contributed by atoms with Gasteiger partial charge in [0.05, 0.1) is 0 Å². The Balaban J connectivity index is 1.25. The normalized spacial score (nSPS) is 16.4. The number of carbonyl (C=O) groups excluding carboxylic acids is 2. The van der Waals surface area contributed by atoms with Crippen LogP contribution in [0.15, 0.2) is 78.9 Å². The average molecular weight is 571 g/mol. The van der Waals surface area contributed by atoms with Crippen LogP contribution < -0.4 is 5.32 Å². The molecule has 1 fully saturated rings. The predicted molar refractivity (Wildman–Crippen MR) is 160 cm³/mol. The number of nitrogens with one attached hydrogen (secondary N) is 1. The minimum atomic E-state index is -0.882. The van der Waals surface area contributed by atoms with Crippen LogP contribution in [0.1, 0.15) is 29.5 Å². The van der Waals surface area contributed by atoms with E-state index in [-0.39, 0.29) is 18.4 Å². The maximum atomic E-state index is 13.7. The van der Waals surface area contributed by atoms with Gasteiger partial charge in [0.1, 0.15) is 18.7 Å². The van der Waals surface area contributed by atoms with Gasteiger partial charge in [-0.05, 0) is 41.8 Å². The molecule has 0 aromatic heterocycles. The molecule has 42 heavy (non-hydrogen) atoms. The van der Waals surface area contributed by atoms with Gasteiger partial charge in [0, 0.05) is 45.2 Å². The van der Waals surface area contributed by atoms with E-state index in [0.29, 0.717) is 39.3 Å². The number of hydrogen-bond donors (Lipinski definition) is 2. The molecule has 2 atom stereocenters. The number of amides is 2. The minimum Gasteiger partial charge on any atom is -0.480 e. The summed E-state index contributed by atoms with van der Waals surface area (Å²) in [5, 5.41) is 12.2. The molecule has 9 heteroatoms. The fourth-order valence-electron chi connectivity index (χ4n) is 5.95. The van der Waals surface area contributed by atoms with Crippen molar-refractivity contribution in [2.75, 3.05) is 46.4 Å². The Labute approximate surface area is 246 Å². The highest BCUT2D eigenvalue weighted by atomic mass is 16.5. The van der Waals surface area contributed by atoms with Gasteiger partial charge in [-0.1, -0.05) is 78.9 Å². The molecular formula is C33H38N4O5. The highest BCUT2D eigenvalue weighted by molar-refractivity contribution is 5.86. The van der Waals surface area contributed by atoms with E-state index < -0.39 is 24.1 Å². The maximum absolute atomic E-state index is 13.7. The van der Waals surface area contributed by atoms with E-state index in [4.69, 9.17) is 4.74 Å². The molecular weight excluding hydrogens is 532 g/mol. The number of rotatable bonds is 10. The summed E-state index contributed by atoms with van der Waals surface area (Å²) in [5.74, 6) is -1.17. The molecule has 1 aliphatic carbocycles. The van der Waals surface area contributed by atoms with Gasteiger partial charge in [0.25, 0.3) is 0 Å². The number of carboxylic acid groups (broad SMARTS) is 1. The first kappa shape index (κ1) is 29.3. The van der Waals surface area contributed by atoms with E-state index in [1.807, 2.05) is 71.4 Å². The summed E-state index contributed by atoms with van der Waals surface area (Å²) >= 11 is 0. The molecule has 1 saturated heterocycles. The van der Waals surface area contributed by atoms with Gasteiger partial charge in [0.15, 0.2) is 0 Å². The van der Waals surface area contributed by atoms with Crippen molar-refractivity contribution in [2.45, 2.75) is 31.5 Å². The third kappa shape index (κ3) is 6.64. The number of hydrogen-bond acceptors (Lipinski definition) is 6. The lowest BCUT2D eigenvalue weighted by Gasteiger charge is -2.38. The van der Waals surface area contributed by atoms with Crippen molar-refractivity contribution >= 4 is 18.0 Å². The van der Waals surface area contributed by atoms with Gasteiger partial charge >= 0.3 is 12.1 Å². The molecule has 2 amide bonds. The quantitative estimate of drug-likeness (QED) is 0.384. The number of piperazine rings is 1. The van der Waals surface area contributed by atoms with Gasteiger partial charge < -0.3 is 20.1 Å². The predicted octanol–water partition coefficient (Wildman–Crippen LogP) is 3.64. The molecule has 3 aromatic rings. The van der Waals surface area contributed by atoms with E-state index in [2.05, 4.69) is 29.6 Å². The zero-order chi connectivity index (χ0) is 29.6. The lowest BCUT2D eigenvalue weighted by Crippen LogP contribution is -2.59. The molecule has 2 N–H and O–H groups in total. The van der Waals surface area contributed by atoms with Crippen molar-refractivity contribution in [1.29, 1.82) is 0 Å². The summed E-state index contributed by atoms with van der Waals surface area (Å²) in [6.45, 7) is 4.41. The zero-order valence-electron chi connectivity index (χ0n) is 24.1. The number of likely N-dealkylation sites (N-methyl/N-ethyl adjacent to an activating group) is 1. The Bertz CT molecular complexity index is 1360. The summed E-state index contributed by atoms with van der Waals surface area (Å²) in [6.07, 6.45) is -0.638. The van der Waals surface area contributed by atoms with Crippen molar-refractivity contribution in [3.8, 4) is 11.1 Å². The van der Waals surface area contributed by atoms with Crippen molar-refractivity contribution in [3.63, 3.8) is 0 Å². The number of nitrogens with zero attached hydrogens (tertiary/aromatic N) is 3. The van der Waals surface area contributed by atoms with Crippen LogP contribution >= 0.6 is 0 Å². The third-order valence-corrected chi connectivity index (χ3v) is 8.25. The molecule has 9 nitrogen and oxygen atoms in total. The van der Waals surface area contributed by atoms with Crippen LogP contribution in [0.25, 0.3) is 11.1 Å². The van der Waals surface area contributed by atoms with Gasteiger partial charge in [-0.3, -0.25) is 19.4 Å². The lowest BCUT2D eigenvalue weighted by molar-refractivity contribution is -0.144. The van der Waals surface area contributed by atoms with Gasteiger partial charge in [-0.25, -0.2) is 4.79 Å². The topological polar surface area (TPSA) is 102 Å². The monoisotopic (exact) mass is 570 g/mol. The second kappa shape index (κ2) is 13.2. The molecule has 0 bridgehead atoms. The van der Waals surface area contributed by atoms with Crippen molar-refractivity contribution < 1.29 is 24.2 Å². The lowest BCUT2D eigenvalue weighted by atomic mass is 9.98. The SMILES string of the molecule is CC(C(=O)O)N1CCN(C(=O)C(CN(C)Cc2ccccc2)NC(=O)OCC2c3ccccc3-c3ccccc32)CC1. The van der Waals surface area contributed by atoms with Gasteiger partial charge in [-0.2, -0.15) is 0 Å². The first-order valence-electron chi connectivity index (χ1n) is 14.4. The minimum absolute atomic E-state index is 0.0811. The van der Waals surface area contributed by atoms with E-state index in [1.165, 1.54) is 0 Å². The highest BCUT2D eigenvalue weighted by Crippen LogP contribution is 2.44. The van der Waals surface area contributed by atoms with E-state index in [9.17, 15) is 19.5 Å². The second-order valence-electron chi connectivity index (χ2n) is 11.1. The zero-order valence-corrected chi connectivity index (χ0v) is 24.1. The Morgan fingerprint density at radius 2 is 1.48 bits per heavy atom. The van der Waals surface area contributed by atoms with Crippen LogP contribution in [0.4, 0.5) is 4.79 Å². The number of aliphatic carboxylic acids is 1. The summed E-state index contributed by atoms with van der Waals surface area (Å²) in [6, 6.07) is 24.8. The molecule has 5 rings (SSSR count). The third-order valence-electron chi connectivity index (χ3n) is 8.25. The van der Waals surface area contributed by atoms with Crippen LogP contribution in [-0.2, 0) is 20.9 Å². The smallest absolute Gasteiger partial charge is 0.407 e. The average Bonchev–Trinajstić information content (AvgIpc) is 3.33. The molecule has 0 radical (unpaired) electrons. The summed E-state index contributed by atoms with van der Waals surface area (Å²) < 4.78 is 5.77. The Morgan fingerprint density at radius 3 is 2.07 bits per heavy atom. The van der Waals surface area contributed by atoms with Crippen molar-refractivity contribution in [2.24, 2.45) is 0 Å². The number of alkyl carbamates (subject to hydrolysis) is 1. The van der Waals surface area contributed by atoms with Gasteiger partial charge in [0.2, 0.25) is 5.91 Å². The summed E-state index contributed by atoms with van der Waals surface area (Å²) in [5.41, 5.74) is 5.64. The molecule has 3 aromatic carbocycles. The Hall–Kier alpha value is -4.21. The Kier molecular flexibility index (Phi) is 9.19. The number of carboxylic acids is 1. The van der Waals surface area contributed by atoms with Crippen LogP contribution in [-0.4, -0.2) is 96.2 Å². The fourth-order valence-corrected chi connectivity index (χ4v) is 5.95. The second-order valence-corrected chi connectivity index (χ2v) is 11.1. The van der Waals surface area contributed by atoms with E-state index in [1.54, 1.807) is 11.8 Å². The van der Waals surface area contributed by atoms with Crippen molar-refractivity contribution in [3.05, 3.63) is 95.6 Å². The molecule has 0 spiro atoms. The molecule has 1 heterocycles. The van der Waals surface area contributed by atoms with E-state index >= 15 is 0 Å². The number of carbonyl (C=O) groups is 3. The van der Waals surface area contributed by atoms with Crippen molar-refractivity contribution in [1.82, 2.24) is 20.0 Å². The molecule has 2 aliphatic rings. The standard InChI is InChI=1S/C33H38N4O5/c1-23(32(39)40)36-16-18-37(19-17-36)31(38)30(21-35(2)20-24-10-4-3-5-11-24)34-33(41)42-22-29-27-14-8-6-12-25(27)26-13-7-9-15-28(26)29/h3-15,23,29-30H,16-22H2,1-2H3,(H,34,41)(H,39,40). The summed E-state index contributed by atoms with van der Waals surface area (Å²) in [7, 11) is 1.92. The largest absolute Gasteiger partial charge is 0.480 e. The fraction of sp³-hybridized carbons (Fsp3) is 0.364. The van der Waals surface area contributed by atoms with E-state index in [0.717, 1.165) is 27.8 Å². The Morgan fingerprint density at radius 1 is 0.905 bits per heavy atom. The first-order chi connectivity index (χ1) is 20.3. The first-order valence-corrected chi connectivity index (χ1v) is 14.4. The number of fused-ring (bicyclic) bond motifs is 3. The number of ether oxygens (including phenoxy) is 1.